The second-order valence-electron chi connectivity index (χ2n) is 21.3. The molecule has 0 saturated heterocycles. The van der Waals surface area contributed by atoms with Gasteiger partial charge in [0.25, 0.3) is 0 Å². The van der Waals surface area contributed by atoms with Crippen molar-refractivity contribution in [3.63, 3.8) is 0 Å². The fourth-order valence-electron chi connectivity index (χ4n) is 9.09. The summed E-state index contributed by atoms with van der Waals surface area (Å²) in [6.07, 6.45) is 83.3. The molecule has 0 aromatic heterocycles. The maximum atomic E-state index is 12.8. The van der Waals surface area contributed by atoms with Gasteiger partial charge in [0.1, 0.15) is 13.2 Å². The Bertz CT molecular complexity index is 1430. The number of unbranched alkanes of at least 4 members (excludes halogenated alkanes) is 33. The minimum Gasteiger partial charge on any atom is -0.462 e. The van der Waals surface area contributed by atoms with Crippen molar-refractivity contribution in [3.8, 4) is 0 Å². The van der Waals surface area contributed by atoms with Gasteiger partial charge in [-0.3, -0.25) is 14.4 Å². The Morgan fingerprint density at radius 1 is 0.280 bits per heavy atom. The molecular formula is C69H120O6. The summed E-state index contributed by atoms with van der Waals surface area (Å²) in [6, 6.07) is 0. The number of carbonyl (C=O) groups is 3. The number of esters is 3. The third-order valence-electron chi connectivity index (χ3n) is 13.9. The van der Waals surface area contributed by atoms with E-state index in [0.29, 0.717) is 19.3 Å². The molecular weight excluding hydrogens is 925 g/mol. The Morgan fingerprint density at radius 3 is 0.827 bits per heavy atom. The molecule has 0 aromatic rings. The maximum Gasteiger partial charge on any atom is 0.306 e. The van der Waals surface area contributed by atoms with Crippen LogP contribution in [0.1, 0.15) is 316 Å². The summed E-state index contributed by atoms with van der Waals surface area (Å²) in [4.78, 5) is 38.1. The first-order valence-corrected chi connectivity index (χ1v) is 32.1. The van der Waals surface area contributed by atoms with Crippen LogP contribution in [-0.2, 0) is 28.6 Å². The van der Waals surface area contributed by atoms with Gasteiger partial charge in [0.15, 0.2) is 6.10 Å². The van der Waals surface area contributed by atoms with Crippen molar-refractivity contribution < 1.29 is 28.6 Å². The highest BCUT2D eigenvalue weighted by Crippen LogP contribution is 2.16. The molecule has 1 atom stereocenters. The van der Waals surface area contributed by atoms with Crippen LogP contribution in [0.5, 0.6) is 0 Å². The number of ether oxygens (including phenoxy) is 3. The summed E-state index contributed by atoms with van der Waals surface area (Å²) in [5, 5.41) is 0. The molecule has 0 aliphatic carbocycles. The molecule has 432 valence electrons. The van der Waals surface area contributed by atoms with Gasteiger partial charge in [0.2, 0.25) is 0 Å². The molecule has 6 heteroatoms. The molecule has 0 bridgehead atoms. The Hall–Kier alpha value is -3.41. The van der Waals surface area contributed by atoms with Gasteiger partial charge in [-0.05, 0) is 96.3 Å². The smallest absolute Gasteiger partial charge is 0.306 e. The lowest BCUT2D eigenvalue weighted by atomic mass is 10.0. The zero-order valence-electron chi connectivity index (χ0n) is 49.6. The van der Waals surface area contributed by atoms with Crippen LogP contribution in [0.3, 0.4) is 0 Å². The van der Waals surface area contributed by atoms with Gasteiger partial charge in [-0.1, -0.05) is 286 Å². The molecule has 1 unspecified atom stereocenters. The van der Waals surface area contributed by atoms with Crippen molar-refractivity contribution in [3.05, 3.63) is 85.1 Å². The summed E-state index contributed by atoms with van der Waals surface area (Å²) in [5.41, 5.74) is 0. The van der Waals surface area contributed by atoms with Crippen molar-refractivity contribution in [2.24, 2.45) is 0 Å². The van der Waals surface area contributed by atoms with Crippen molar-refractivity contribution in [1.29, 1.82) is 0 Å². The third-order valence-corrected chi connectivity index (χ3v) is 13.9. The van der Waals surface area contributed by atoms with Gasteiger partial charge >= 0.3 is 17.9 Å². The molecule has 0 amide bonds. The average molecular weight is 1050 g/mol. The number of hydrogen-bond donors (Lipinski definition) is 0. The molecule has 6 nitrogen and oxygen atoms in total. The van der Waals surface area contributed by atoms with Gasteiger partial charge in [0.05, 0.1) is 0 Å². The van der Waals surface area contributed by atoms with Crippen LogP contribution in [0.2, 0.25) is 0 Å². The van der Waals surface area contributed by atoms with Crippen LogP contribution >= 0.6 is 0 Å². The van der Waals surface area contributed by atoms with E-state index in [1.807, 2.05) is 0 Å². The fourth-order valence-corrected chi connectivity index (χ4v) is 9.09. The Morgan fingerprint density at radius 2 is 0.520 bits per heavy atom. The summed E-state index contributed by atoms with van der Waals surface area (Å²) in [5.74, 6) is -0.874. The van der Waals surface area contributed by atoms with E-state index >= 15 is 0 Å². The van der Waals surface area contributed by atoms with E-state index in [1.54, 1.807) is 0 Å². The molecule has 0 radical (unpaired) electrons. The first kappa shape index (κ1) is 71.6. The molecule has 0 spiro atoms. The quantitative estimate of drug-likeness (QED) is 0.0261. The molecule has 0 rings (SSSR count). The second-order valence-corrected chi connectivity index (χ2v) is 21.3. The van der Waals surface area contributed by atoms with Gasteiger partial charge in [0, 0.05) is 19.3 Å². The number of allylic oxidation sites excluding steroid dienone is 14. The number of carbonyl (C=O) groups excluding carboxylic acids is 3. The lowest BCUT2D eigenvalue weighted by Crippen LogP contribution is -2.30. The minimum atomic E-state index is -0.774. The summed E-state index contributed by atoms with van der Waals surface area (Å²) in [7, 11) is 0. The van der Waals surface area contributed by atoms with Crippen LogP contribution < -0.4 is 0 Å². The number of hydrogen-bond acceptors (Lipinski definition) is 6. The van der Waals surface area contributed by atoms with Crippen LogP contribution in [0, 0.1) is 0 Å². The molecule has 0 heterocycles. The van der Waals surface area contributed by atoms with Gasteiger partial charge < -0.3 is 14.2 Å². The van der Waals surface area contributed by atoms with E-state index in [-0.39, 0.29) is 31.1 Å². The van der Waals surface area contributed by atoms with E-state index in [9.17, 15) is 14.4 Å². The molecule has 0 aliphatic rings. The Labute approximate surface area is 465 Å². The normalized spacial score (nSPS) is 12.6. The van der Waals surface area contributed by atoms with E-state index in [4.69, 9.17) is 14.2 Å². The lowest BCUT2D eigenvalue weighted by molar-refractivity contribution is -0.167. The first-order valence-electron chi connectivity index (χ1n) is 32.1. The zero-order valence-corrected chi connectivity index (χ0v) is 49.6. The van der Waals surface area contributed by atoms with Crippen molar-refractivity contribution in [2.45, 2.75) is 322 Å². The Balaban J connectivity index is 4.10. The van der Waals surface area contributed by atoms with Crippen LogP contribution in [0.25, 0.3) is 0 Å². The highest BCUT2D eigenvalue weighted by atomic mass is 16.6. The third kappa shape index (κ3) is 61.3. The molecule has 0 fully saturated rings. The fraction of sp³-hybridized carbons (Fsp3) is 0.754. The standard InChI is InChI=1S/C69H120O6/c1-4-7-10-13-16-18-20-22-24-26-28-29-30-31-32-33-34-35-36-37-38-39-41-42-44-46-48-50-53-56-59-62-68(71)74-65-66(64-73-67(70)61-58-55-52-15-12-9-6-3)75-69(72)63-60-57-54-51-49-47-45-43-40-27-25-23-21-19-17-14-11-8-5-2/h7,10,16,18,22-25,28-29,31-32,34-35,66H,4-6,8-9,11-15,17,19-21,26-27,30,33,36-65H2,1-3H3/b10-7-,18-16-,24-22-,25-23-,29-28-,32-31-,35-34-. The summed E-state index contributed by atoms with van der Waals surface area (Å²) in [6.45, 7) is 6.50. The molecule has 0 aliphatic heterocycles. The van der Waals surface area contributed by atoms with Crippen LogP contribution in [0.15, 0.2) is 85.1 Å². The summed E-state index contributed by atoms with van der Waals surface area (Å²) >= 11 is 0. The largest absolute Gasteiger partial charge is 0.462 e. The highest BCUT2D eigenvalue weighted by Gasteiger charge is 2.19. The molecule has 0 saturated carbocycles. The Kier molecular flexibility index (Phi) is 60.3. The zero-order chi connectivity index (χ0) is 54.3. The van der Waals surface area contributed by atoms with E-state index in [1.165, 1.54) is 180 Å². The van der Waals surface area contributed by atoms with Crippen molar-refractivity contribution in [1.82, 2.24) is 0 Å². The topological polar surface area (TPSA) is 78.9 Å². The SMILES string of the molecule is CC/C=C\C/C=C\C/C=C\C/C=C\C/C=C\C/C=C\CCCCCCCCCCCCCCC(=O)OCC(COC(=O)CCCCCCCCC)OC(=O)CCCCCCCCCCC/C=C\CCCCCCCC. The predicted octanol–water partition coefficient (Wildman–Crippen LogP) is 21.9. The predicted molar refractivity (Wildman–Crippen MR) is 325 cm³/mol. The van der Waals surface area contributed by atoms with Gasteiger partial charge in [-0.15, -0.1) is 0 Å². The van der Waals surface area contributed by atoms with Gasteiger partial charge in [-0.25, -0.2) is 0 Å². The first-order chi connectivity index (χ1) is 37.0. The van der Waals surface area contributed by atoms with E-state index in [0.717, 1.165) is 96.3 Å². The lowest BCUT2D eigenvalue weighted by Gasteiger charge is -2.18. The van der Waals surface area contributed by atoms with Crippen molar-refractivity contribution in [2.75, 3.05) is 13.2 Å². The van der Waals surface area contributed by atoms with E-state index in [2.05, 4.69) is 106 Å². The monoisotopic (exact) mass is 1040 g/mol. The molecule has 75 heavy (non-hydrogen) atoms. The second kappa shape index (κ2) is 63.1. The highest BCUT2D eigenvalue weighted by molar-refractivity contribution is 5.71. The molecule has 0 N–H and O–H groups in total. The average Bonchev–Trinajstić information content (AvgIpc) is 3.41. The maximum absolute atomic E-state index is 12.8. The molecule has 0 aromatic carbocycles. The van der Waals surface area contributed by atoms with Crippen molar-refractivity contribution >= 4 is 17.9 Å². The van der Waals surface area contributed by atoms with Gasteiger partial charge in [-0.2, -0.15) is 0 Å². The minimum absolute atomic E-state index is 0.0745. The van der Waals surface area contributed by atoms with E-state index < -0.39 is 6.10 Å². The summed E-state index contributed by atoms with van der Waals surface area (Å²) < 4.78 is 16.8. The van der Waals surface area contributed by atoms with Crippen LogP contribution in [-0.4, -0.2) is 37.2 Å². The van der Waals surface area contributed by atoms with Crippen LogP contribution in [0.4, 0.5) is 0 Å². The number of rotatable bonds is 58.